The van der Waals surface area contributed by atoms with Gasteiger partial charge in [0.15, 0.2) is 5.76 Å². The Morgan fingerprint density at radius 2 is 1.94 bits per heavy atom. The number of aryl methyl sites for hydroxylation is 1. The number of thiophene rings is 1. The van der Waals surface area contributed by atoms with E-state index in [4.69, 9.17) is 4.42 Å². The molecule has 3 aromatic heterocycles. The minimum absolute atomic E-state index is 0.239. The molecule has 1 aromatic carbocycles. The van der Waals surface area contributed by atoms with E-state index in [9.17, 15) is 10.1 Å². The molecule has 31 heavy (non-hydrogen) atoms. The summed E-state index contributed by atoms with van der Waals surface area (Å²) in [5.41, 5.74) is 3.59. The first-order chi connectivity index (χ1) is 15.2. The summed E-state index contributed by atoms with van der Waals surface area (Å²) in [7, 11) is 0. The molecule has 154 valence electrons. The van der Waals surface area contributed by atoms with Crippen molar-refractivity contribution in [1.29, 1.82) is 5.26 Å². The minimum Gasteiger partial charge on any atom is -0.463 e. The van der Waals surface area contributed by atoms with E-state index in [0.29, 0.717) is 27.6 Å². The fourth-order valence-electron chi connectivity index (χ4n) is 4.21. The number of furan rings is 1. The van der Waals surface area contributed by atoms with Crippen molar-refractivity contribution in [2.75, 3.05) is 5.32 Å². The number of para-hydroxylation sites is 1. The molecule has 1 aliphatic rings. The van der Waals surface area contributed by atoms with Crippen LogP contribution in [0.5, 0.6) is 0 Å². The molecule has 3 heterocycles. The number of carbonyl (C=O) groups is 1. The molecule has 0 bridgehead atoms. The first-order valence-corrected chi connectivity index (χ1v) is 11.4. The average Bonchev–Trinajstić information content (AvgIpc) is 3.41. The van der Waals surface area contributed by atoms with E-state index in [1.165, 1.54) is 17.7 Å². The zero-order valence-electron chi connectivity index (χ0n) is 17.0. The van der Waals surface area contributed by atoms with Crippen molar-refractivity contribution in [2.45, 2.75) is 38.5 Å². The lowest BCUT2D eigenvalue weighted by Gasteiger charge is -2.09. The van der Waals surface area contributed by atoms with Crippen LogP contribution >= 0.6 is 11.3 Å². The summed E-state index contributed by atoms with van der Waals surface area (Å²) in [5, 5.41) is 14.3. The Labute approximate surface area is 184 Å². The SMILES string of the molecule is N#Cc1c(NC(=O)c2cc(-c3ccco3)nc3ccccc23)sc2c1CCCCCC2. The van der Waals surface area contributed by atoms with Crippen molar-refractivity contribution in [3.63, 3.8) is 0 Å². The third-order valence-electron chi connectivity index (χ3n) is 5.74. The van der Waals surface area contributed by atoms with Crippen LogP contribution in [0.15, 0.2) is 53.1 Å². The first kappa shape index (κ1) is 19.5. The lowest BCUT2D eigenvalue weighted by atomic mass is 9.97. The van der Waals surface area contributed by atoms with E-state index in [2.05, 4.69) is 16.4 Å². The lowest BCUT2D eigenvalue weighted by Crippen LogP contribution is -2.13. The number of amides is 1. The fraction of sp³-hybridized carbons (Fsp3) is 0.240. The Morgan fingerprint density at radius 3 is 2.74 bits per heavy atom. The highest BCUT2D eigenvalue weighted by Crippen LogP contribution is 2.37. The molecule has 0 atom stereocenters. The lowest BCUT2D eigenvalue weighted by molar-refractivity contribution is 0.102. The van der Waals surface area contributed by atoms with Crippen molar-refractivity contribution in [3.8, 4) is 17.5 Å². The molecule has 0 spiro atoms. The number of rotatable bonds is 3. The molecule has 1 amide bonds. The van der Waals surface area contributed by atoms with Gasteiger partial charge in [-0.15, -0.1) is 11.3 Å². The molecule has 0 aliphatic heterocycles. The number of hydrogen-bond acceptors (Lipinski definition) is 5. The van der Waals surface area contributed by atoms with Crippen molar-refractivity contribution in [2.24, 2.45) is 0 Å². The molecule has 5 nitrogen and oxygen atoms in total. The number of pyridine rings is 1. The number of anilines is 1. The van der Waals surface area contributed by atoms with Crippen molar-refractivity contribution in [1.82, 2.24) is 4.98 Å². The largest absolute Gasteiger partial charge is 0.463 e. The second kappa shape index (κ2) is 8.37. The minimum atomic E-state index is -0.239. The van der Waals surface area contributed by atoms with Crippen LogP contribution in [0.2, 0.25) is 0 Å². The molecule has 1 N–H and O–H groups in total. The summed E-state index contributed by atoms with van der Waals surface area (Å²) in [5.74, 6) is 0.369. The summed E-state index contributed by atoms with van der Waals surface area (Å²) < 4.78 is 5.50. The number of carbonyl (C=O) groups excluding carboxylic acids is 1. The van der Waals surface area contributed by atoms with Gasteiger partial charge in [-0.2, -0.15) is 5.26 Å². The standard InChI is InChI=1S/C25H21N3O2S/c26-15-19-17-9-3-1-2-4-12-23(17)31-25(19)28-24(29)18-14-21(22-11-7-13-30-22)27-20-10-6-5-8-16(18)20/h5-8,10-11,13-14H,1-4,9,12H2,(H,28,29). The van der Waals surface area contributed by atoms with Gasteiger partial charge in [0.1, 0.15) is 16.8 Å². The van der Waals surface area contributed by atoms with Gasteiger partial charge in [-0.05, 0) is 55.5 Å². The highest BCUT2D eigenvalue weighted by molar-refractivity contribution is 7.16. The van der Waals surface area contributed by atoms with Crippen LogP contribution in [-0.2, 0) is 12.8 Å². The molecule has 0 radical (unpaired) electrons. The topological polar surface area (TPSA) is 78.9 Å². The van der Waals surface area contributed by atoms with Crippen LogP contribution in [0.3, 0.4) is 0 Å². The van der Waals surface area contributed by atoms with Gasteiger partial charge in [-0.3, -0.25) is 4.79 Å². The smallest absolute Gasteiger partial charge is 0.257 e. The maximum atomic E-state index is 13.4. The summed E-state index contributed by atoms with van der Waals surface area (Å²) >= 11 is 1.55. The van der Waals surface area contributed by atoms with Gasteiger partial charge in [-0.25, -0.2) is 4.98 Å². The number of nitrogens with one attached hydrogen (secondary N) is 1. The molecule has 0 saturated carbocycles. The average molecular weight is 428 g/mol. The fourth-order valence-corrected chi connectivity index (χ4v) is 5.44. The van der Waals surface area contributed by atoms with Crippen LogP contribution in [0.4, 0.5) is 5.00 Å². The maximum absolute atomic E-state index is 13.4. The Bertz CT molecular complexity index is 1300. The van der Waals surface area contributed by atoms with Gasteiger partial charge in [0.05, 0.1) is 22.9 Å². The molecular formula is C25H21N3O2S. The van der Waals surface area contributed by atoms with Gasteiger partial charge in [0.2, 0.25) is 0 Å². The van der Waals surface area contributed by atoms with Gasteiger partial charge < -0.3 is 9.73 Å². The highest BCUT2D eigenvalue weighted by Gasteiger charge is 2.22. The molecule has 6 heteroatoms. The summed E-state index contributed by atoms with van der Waals surface area (Å²) in [6.45, 7) is 0. The Kier molecular flexibility index (Phi) is 5.27. The quantitative estimate of drug-likeness (QED) is 0.414. The van der Waals surface area contributed by atoms with E-state index in [1.807, 2.05) is 30.3 Å². The highest BCUT2D eigenvalue weighted by atomic mass is 32.1. The molecule has 1 aliphatic carbocycles. The van der Waals surface area contributed by atoms with Crippen LogP contribution in [-0.4, -0.2) is 10.9 Å². The zero-order chi connectivity index (χ0) is 21.2. The monoisotopic (exact) mass is 427 g/mol. The van der Waals surface area contributed by atoms with Crippen molar-refractivity contribution >= 4 is 33.1 Å². The summed E-state index contributed by atoms with van der Waals surface area (Å²) in [4.78, 5) is 19.3. The summed E-state index contributed by atoms with van der Waals surface area (Å²) in [6.07, 6.45) is 8.11. The number of aromatic nitrogens is 1. The Morgan fingerprint density at radius 1 is 1.10 bits per heavy atom. The zero-order valence-corrected chi connectivity index (χ0v) is 17.8. The third-order valence-corrected chi connectivity index (χ3v) is 6.95. The Hall–Kier alpha value is -3.43. The predicted octanol–water partition coefficient (Wildman–Crippen LogP) is 6.34. The van der Waals surface area contributed by atoms with E-state index in [-0.39, 0.29) is 5.91 Å². The van der Waals surface area contributed by atoms with E-state index in [0.717, 1.165) is 42.1 Å². The normalized spacial score (nSPS) is 13.8. The first-order valence-electron chi connectivity index (χ1n) is 10.5. The predicted molar refractivity (Wildman–Crippen MR) is 122 cm³/mol. The molecule has 0 saturated heterocycles. The van der Waals surface area contributed by atoms with Gasteiger partial charge >= 0.3 is 0 Å². The van der Waals surface area contributed by atoms with Crippen LogP contribution in [0, 0.1) is 11.3 Å². The second-order valence-corrected chi connectivity index (χ2v) is 8.84. The third kappa shape index (κ3) is 3.73. The second-order valence-electron chi connectivity index (χ2n) is 7.74. The van der Waals surface area contributed by atoms with E-state index < -0.39 is 0 Å². The van der Waals surface area contributed by atoms with Gasteiger partial charge in [-0.1, -0.05) is 31.0 Å². The van der Waals surface area contributed by atoms with Crippen molar-refractivity contribution in [3.05, 3.63) is 70.3 Å². The number of hydrogen-bond donors (Lipinski definition) is 1. The van der Waals surface area contributed by atoms with Gasteiger partial charge in [0.25, 0.3) is 5.91 Å². The number of nitriles is 1. The Balaban J connectivity index is 1.56. The molecule has 0 unspecified atom stereocenters. The summed E-state index contributed by atoms with van der Waals surface area (Å²) in [6, 6.07) is 15.3. The number of fused-ring (bicyclic) bond motifs is 2. The molecular weight excluding hydrogens is 406 g/mol. The number of benzene rings is 1. The van der Waals surface area contributed by atoms with Crippen molar-refractivity contribution < 1.29 is 9.21 Å². The maximum Gasteiger partial charge on any atom is 0.257 e. The van der Waals surface area contributed by atoms with Crippen LogP contribution < -0.4 is 5.32 Å². The molecule has 5 rings (SSSR count). The molecule has 0 fully saturated rings. The van der Waals surface area contributed by atoms with E-state index in [1.54, 1.807) is 29.7 Å². The van der Waals surface area contributed by atoms with E-state index >= 15 is 0 Å². The van der Waals surface area contributed by atoms with Gasteiger partial charge in [0, 0.05) is 10.3 Å². The molecule has 4 aromatic rings. The van der Waals surface area contributed by atoms with Crippen LogP contribution in [0.1, 0.15) is 52.0 Å². The van der Waals surface area contributed by atoms with Crippen LogP contribution in [0.25, 0.3) is 22.4 Å². The number of nitrogens with zero attached hydrogens (tertiary/aromatic N) is 2.